The molecule has 4 rings (SSSR count). The van der Waals surface area contributed by atoms with Gasteiger partial charge in [-0.3, -0.25) is 9.89 Å². The fourth-order valence-corrected chi connectivity index (χ4v) is 4.61. The third kappa shape index (κ3) is 4.76. The molecule has 0 radical (unpaired) electrons. The number of ether oxygens (including phenoxy) is 1. The summed E-state index contributed by atoms with van der Waals surface area (Å²) < 4.78 is 31.2. The fourth-order valence-electron chi connectivity index (χ4n) is 3.35. The smallest absolute Gasteiger partial charge is 0.206 e. The summed E-state index contributed by atoms with van der Waals surface area (Å²) in [5, 5.41) is 7.45. The summed E-state index contributed by atoms with van der Waals surface area (Å²) in [6, 6.07) is 15.2. The van der Waals surface area contributed by atoms with Crippen LogP contribution in [0, 0.1) is 0 Å². The molecule has 0 aliphatic carbocycles. The van der Waals surface area contributed by atoms with Crippen molar-refractivity contribution >= 4 is 26.7 Å². The van der Waals surface area contributed by atoms with Crippen LogP contribution < -0.4 is 0 Å². The van der Waals surface area contributed by atoms with Gasteiger partial charge < -0.3 is 4.74 Å². The molecule has 0 aliphatic heterocycles. The zero-order chi connectivity index (χ0) is 22.6. The van der Waals surface area contributed by atoms with Crippen LogP contribution in [-0.4, -0.2) is 36.0 Å². The van der Waals surface area contributed by atoms with Gasteiger partial charge in [-0.1, -0.05) is 24.3 Å². The largest absolute Gasteiger partial charge is 0.377 e. The highest BCUT2D eigenvalue weighted by molar-refractivity contribution is 7.91. The highest BCUT2D eigenvalue weighted by Crippen LogP contribution is 2.22. The third-order valence-electron chi connectivity index (χ3n) is 5.19. The van der Waals surface area contributed by atoms with Crippen LogP contribution in [0.2, 0.25) is 0 Å². The monoisotopic (exact) mass is 449 g/mol. The van der Waals surface area contributed by atoms with Gasteiger partial charge in [0.05, 0.1) is 22.6 Å². The summed E-state index contributed by atoms with van der Waals surface area (Å²) in [7, 11) is -3.61. The maximum atomic E-state index is 12.9. The SMILES string of the molecule is CCOCc1ccc(S(=O)(=O)c2ccc(CCC(=O)c3cnc4[nH]ncc4c3)cc2)cc1. The molecule has 2 aromatic heterocycles. The third-order valence-corrected chi connectivity index (χ3v) is 6.98. The van der Waals surface area contributed by atoms with Crippen molar-refractivity contribution in [3.8, 4) is 0 Å². The van der Waals surface area contributed by atoms with Crippen LogP contribution in [0.1, 0.15) is 34.8 Å². The van der Waals surface area contributed by atoms with Crippen LogP contribution in [0.4, 0.5) is 0 Å². The molecule has 0 aliphatic rings. The standard InChI is InChI=1S/C24H23N3O4S/c1-2-31-16-18-5-10-22(11-6-18)32(29,30)21-8-3-17(4-9-21)7-12-23(28)19-13-20-15-26-27-24(20)25-14-19/h3-6,8-11,13-15H,2,7,12,16H2,1H3,(H,25,26,27). The van der Waals surface area contributed by atoms with Gasteiger partial charge in [-0.15, -0.1) is 0 Å². The van der Waals surface area contributed by atoms with E-state index in [9.17, 15) is 13.2 Å². The number of hydrogen-bond donors (Lipinski definition) is 1. The number of carbonyl (C=O) groups excluding carboxylic acids is 1. The molecule has 4 aromatic rings. The van der Waals surface area contributed by atoms with E-state index in [-0.39, 0.29) is 15.6 Å². The Balaban J connectivity index is 1.41. The molecule has 8 heteroatoms. The first-order chi connectivity index (χ1) is 15.5. The molecule has 0 unspecified atom stereocenters. The van der Waals surface area contributed by atoms with Gasteiger partial charge in [-0.25, -0.2) is 13.4 Å². The average Bonchev–Trinajstić information content (AvgIpc) is 3.30. The van der Waals surface area contributed by atoms with E-state index in [0.717, 1.165) is 16.5 Å². The van der Waals surface area contributed by atoms with Crippen molar-refractivity contribution in [3.63, 3.8) is 0 Å². The first-order valence-electron chi connectivity index (χ1n) is 10.3. The lowest BCUT2D eigenvalue weighted by Gasteiger charge is -2.08. The van der Waals surface area contributed by atoms with Crippen molar-refractivity contribution in [2.45, 2.75) is 36.2 Å². The average molecular weight is 450 g/mol. The van der Waals surface area contributed by atoms with Crippen molar-refractivity contribution in [3.05, 3.63) is 83.7 Å². The van der Waals surface area contributed by atoms with Crippen LogP contribution in [0.3, 0.4) is 0 Å². The van der Waals surface area contributed by atoms with Crippen molar-refractivity contribution in [1.82, 2.24) is 15.2 Å². The van der Waals surface area contributed by atoms with Gasteiger partial charge in [0.2, 0.25) is 9.84 Å². The lowest BCUT2D eigenvalue weighted by molar-refractivity contribution is 0.0982. The van der Waals surface area contributed by atoms with Gasteiger partial charge in [0.1, 0.15) is 0 Å². The zero-order valence-corrected chi connectivity index (χ0v) is 18.4. The summed E-state index contributed by atoms with van der Waals surface area (Å²) in [5.74, 6) is -0.0237. The second kappa shape index (κ2) is 9.42. The van der Waals surface area contributed by atoms with Gasteiger partial charge in [-0.05, 0) is 54.8 Å². The molecule has 2 heterocycles. The number of aryl methyl sites for hydroxylation is 1. The second-order valence-corrected chi connectivity index (χ2v) is 9.33. The molecular weight excluding hydrogens is 426 g/mol. The van der Waals surface area contributed by atoms with Crippen LogP contribution in [0.5, 0.6) is 0 Å². The maximum Gasteiger partial charge on any atom is 0.206 e. The first-order valence-corrected chi connectivity index (χ1v) is 11.8. The van der Waals surface area contributed by atoms with Crippen molar-refractivity contribution in [2.75, 3.05) is 6.61 Å². The molecule has 2 aromatic carbocycles. The van der Waals surface area contributed by atoms with Crippen LogP contribution >= 0.6 is 0 Å². The van der Waals surface area contributed by atoms with Crippen LogP contribution in [-0.2, 0) is 27.6 Å². The number of fused-ring (bicyclic) bond motifs is 1. The molecule has 7 nitrogen and oxygen atoms in total. The molecule has 1 N–H and O–H groups in total. The van der Waals surface area contributed by atoms with Gasteiger partial charge in [0, 0.05) is 30.2 Å². The zero-order valence-electron chi connectivity index (χ0n) is 17.6. The maximum absolute atomic E-state index is 12.9. The molecule has 164 valence electrons. The molecule has 0 saturated heterocycles. The lowest BCUT2D eigenvalue weighted by Crippen LogP contribution is -2.04. The highest BCUT2D eigenvalue weighted by atomic mass is 32.2. The van der Waals surface area contributed by atoms with E-state index in [1.807, 2.05) is 6.92 Å². The summed E-state index contributed by atoms with van der Waals surface area (Å²) in [6.45, 7) is 2.97. The number of aromatic nitrogens is 3. The minimum atomic E-state index is -3.61. The molecule has 0 saturated carbocycles. The molecule has 0 fully saturated rings. The van der Waals surface area contributed by atoms with E-state index in [0.29, 0.717) is 37.3 Å². The van der Waals surface area contributed by atoms with Crippen molar-refractivity contribution in [1.29, 1.82) is 0 Å². The summed E-state index contributed by atoms with van der Waals surface area (Å²) in [5.41, 5.74) is 2.99. The predicted molar refractivity (Wildman–Crippen MR) is 120 cm³/mol. The Morgan fingerprint density at radius 2 is 1.62 bits per heavy atom. The normalized spacial score (nSPS) is 11.7. The number of sulfone groups is 1. The Morgan fingerprint density at radius 1 is 0.969 bits per heavy atom. The summed E-state index contributed by atoms with van der Waals surface area (Å²) in [4.78, 5) is 17.2. The number of H-pyrrole nitrogens is 1. The quantitative estimate of drug-likeness (QED) is 0.385. The minimum absolute atomic E-state index is 0.0237. The Bertz CT molecular complexity index is 1330. The van der Waals surface area contributed by atoms with Gasteiger partial charge >= 0.3 is 0 Å². The van der Waals surface area contributed by atoms with Gasteiger partial charge in [-0.2, -0.15) is 5.10 Å². The van der Waals surface area contributed by atoms with Crippen molar-refractivity contribution < 1.29 is 17.9 Å². The predicted octanol–water partition coefficient (Wildman–Crippen LogP) is 4.14. The number of ketones is 1. The summed E-state index contributed by atoms with van der Waals surface area (Å²) >= 11 is 0. The van der Waals surface area contributed by atoms with E-state index in [1.54, 1.807) is 60.8 Å². The number of benzene rings is 2. The van der Waals surface area contributed by atoms with E-state index in [1.165, 1.54) is 6.20 Å². The van der Waals surface area contributed by atoms with Gasteiger partial charge in [0.25, 0.3) is 0 Å². The van der Waals surface area contributed by atoms with Crippen molar-refractivity contribution in [2.24, 2.45) is 0 Å². The molecule has 0 atom stereocenters. The fraction of sp³-hybridized carbons (Fsp3) is 0.208. The van der Waals surface area contributed by atoms with E-state index in [2.05, 4.69) is 15.2 Å². The number of aromatic amines is 1. The first kappa shape index (κ1) is 21.9. The molecule has 32 heavy (non-hydrogen) atoms. The Labute approximate surface area is 186 Å². The molecule has 0 bridgehead atoms. The van der Waals surface area contributed by atoms with E-state index >= 15 is 0 Å². The number of nitrogens with one attached hydrogen (secondary N) is 1. The number of pyridine rings is 1. The summed E-state index contributed by atoms with van der Waals surface area (Å²) in [6.07, 6.45) is 3.98. The molecule has 0 spiro atoms. The highest BCUT2D eigenvalue weighted by Gasteiger charge is 2.17. The van der Waals surface area contributed by atoms with Crippen LogP contribution in [0.25, 0.3) is 11.0 Å². The number of carbonyl (C=O) groups is 1. The number of nitrogens with zero attached hydrogens (tertiary/aromatic N) is 2. The second-order valence-electron chi connectivity index (χ2n) is 7.38. The van der Waals surface area contributed by atoms with E-state index in [4.69, 9.17) is 4.74 Å². The van der Waals surface area contributed by atoms with E-state index < -0.39 is 9.84 Å². The van der Waals surface area contributed by atoms with Gasteiger partial charge in [0.15, 0.2) is 11.4 Å². The van der Waals surface area contributed by atoms with Crippen LogP contribution in [0.15, 0.2) is 76.8 Å². The lowest BCUT2D eigenvalue weighted by atomic mass is 10.0. The molecule has 0 amide bonds. The number of Topliss-reactive ketones (excluding diaryl/α,β-unsaturated/α-hetero) is 1. The number of hydrogen-bond acceptors (Lipinski definition) is 6. The molecular formula is C24H23N3O4S. The Hall–Kier alpha value is -3.36. The Morgan fingerprint density at radius 3 is 2.28 bits per heavy atom. The minimum Gasteiger partial charge on any atom is -0.377 e. The topological polar surface area (TPSA) is 102 Å². The Kier molecular flexibility index (Phi) is 6.43. The number of rotatable bonds is 9.